The maximum Gasteiger partial charge on any atom is 0.0600 e. The number of nitrogens with zero attached hydrogens (tertiary/aromatic N) is 2. The summed E-state index contributed by atoms with van der Waals surface area (Å²) >= 11 is 0. The summed E-state index contributed by atoms with van der Waals surface area (Å²) in [6.07, 6.45) is 0.831. The van der Waals surface area contributed by atoms with E-state index >= 15 is 0 Å². The molecule has 0 aromatic carbocycles. The molecule has 0 saturated carbocycles. The van der Waals surface area contributed by atoms with E-state index in [4.69, 9.17) is 0 Å². The average molecular weight is 205 g/mol. The van der Waals surface area contributed by atoms with Gasteiger partial charge in [-0.1, -0.05) is 0 Å². The van der Waals surface area contributed by atoms with Crippen molar-refractivity contribution in [2.24, 2.45) is 0 Å². The lowest BCUT2D eigenvalue weighted by atomic mass is 10.1. The molecule has 0 aliphatic rings. The van der Waals surface area contributed by atoms with E-state index in [2.05, 4.69) is 35.2 Å². The molecule has 0 spiro atoms. The van der Waals surface area contributed by atoms with Crippen molar-refractivity contribution in [2.45, 2.75) is 39.8 Å². The zero-order valence-electron chi connectivity index (χ0n) is 9.96. The predicted octanol–water partition coefficient (Wildman–Crippen LogP) is 1.89. The van der Waals surface area contributed by atoms with E-state index in [0.29, 0.717) is 0 Å². The van der Waals surface area contributed by atoms with Gasteiger partial charge < -0.3 is 5.32 Å². The Labute approximate surface area is 91.9 Å². The summed E-state index contributed by atoms with van der Waals surface area (Å²) in [5.74, 6) is 6.03. The summed E-state index contributed by atoms with van der Waals surface area (Å²) in [7, 11) is 1.96. The molecular weight excluding hydrogens is 186 g/mol. The molecule has 0 amide bonds. The monoisotopic (exact) mass is 205 g/mol. The summed E-state index contributed by atoms with van der Waals surface area (Å²) in [4.78, 5) is 0. The smallest absolute Gasteiger partial charge is 0.0600 e. The Morgan fingerprint density at radius 3 is 2.87 bits per heavy atom. The van der Waals surface area contributed by atoms with Crippen LogP contribution in [-0.2, 0) is 6.54 Å². The van der Waals surface area contributed by atoms with E-state index in [1.165, 1.54) is 5.69 Å². The molecule has 0 bridgehead atoms. The normalized spacial score (nSPS) is 12.0. The number of nitrogens with one attached hydrogen (secondary N) is 1. The molecule has 3 heteroatoms. The van der Waals surface area contributed by atoms with E-state index in [-0.39, 0.29) is 6.04 Å². The zero-order chi connectivity index (χ0) is 11.3. The van der Waals surface area contributed by atoms with Crippen LogP contribution in [0.2, 0.25) is 0 Å². The van der Waals surface area contributed by atoms with Gasteiger partial charge in [0.05, 0.1) is 17.4 Å². The molecule has 1 aromatic heterocycles. The van der Waals surface area contributed by atoms with Crippen molar-refractivity contribution < 1.29 is 0 Å². The molecule has 3 nitrogen and oxygen atoms in total. The van der Waals surface area contributed by atoms with Gasteiger partial charge in [0.15, 0.2) is 0 Å². The van der Waals surface area contributed by atoms with Gasteiger partial charge in [-0.25, -0.2) is 0 Å². The Morgan fingerprint density at radius 1 is 1.60 bits per heavy atom. The van der Waals surface area contributed by atoms with Crippen LogP contribution in [0, 0.1) is 18.8 Å². The second-order valence-electron chi connectivity index (χ2n) is 3.50. The summed E-state index contributed by atoms with van der Waals surface area (Å²) in [6, 6.07) is 2.40. The van der Waals surface area contributed by atoms with Gasteiger partial charge in [0.1, 0.15) is 0 Å². The second-order valence-corrected chi connectivity index (χ2v) is 3.50. The third-order valence-corrected chi connectivity index (χ3v) is 2.42. The molecule has 1 aromatic rings. The van der Waals surface area contributed by atoms with Gasteiger partial charge in [-0.3, -0.25) is 4.68 Å². The first-order valence-corrected chi connectivity index (χ1v) is 5.34. The van der Waals surface area contributed by atoms with Gasteiger partial charge in [0.25, 0.3) is 0 Å². The molecule has 0 radical (unpaired) electrons. The maximum absolute atomic E-state index is 4.43. The molecule has 82 valence electrons. The Bertz CT molecular complexity index is 368. The highest BCUT2D eigenvalue weighted by Crippen LogP contribution is 2.17. The molecule has 1 rings (SSSR count). The van der Waals surface area contributed by atoms with Gasteiger partial charge in [-0.2, -0.15) is 5.10 Å². The van der Waals surface area contributed by atoms with E-state index in [0.717, 1.165) is 18.7 Å². The van der Waals surface area contributed by atoms with Crippen LogP contribution in [0.25, 0.3) is 0 Å². The molecule has 0 aliphatic carbocycles. The molecule has 1 atom stereocenters. The fourth-order valence-electron chi connectivity index (χ4n) is 1.66. The number of aryl methyl sites for hydroxylation is 2. The number of hydrogen-bond donors (Lipinski definition) is 1. The molecule has 0 fully saturated rings. The first-order valence-electron chi connectivity index (χ1n) is 5.34. The maximum atomic E-state index is 4.43. The van der Waals surface area contributed by atoms with Gasteiger partial charge in [0.2, 0.25) is 0 Å². The molecule has 1 heterocycles. The van der Waals surface area contributed by atoms with Crippen molar-refractivity contribution in [3.05, 3.63) is 17.5 Å². The Kier molecular flexibility index (Phi) is 4.38. The molecule has 0 saturated heterocycles. The summed E-state index contributed by atoms with van der Waals surface area (Å²) < 4.78 is 2.04. The SMILES string of the molecule is CC#CCC(NC)c1cc(C)nn1CC. The highest BCUT2D eigenvalue weighted by molar-refractivity contribution is 5.16. The van der Waals surface area contributed by atoms with E-state index in [1.54, 1.807) is 0 Å². The van der Waals surface area contributed by atoms with Crippen LogP contribution in [0.1, 0.15) is 37.7 Å². The van der Waals surface area contributed by atoms with Crippen LogP contribution in [-0.4, -0.2) is 16.8 Å². The van der Waals surface area contributed by atoms with Crippen molar-refractivity contribution in [1.29, 1.82) is 0 Å². The van der Waals surface area contributed by atoms with Crippen LogP contribution in [0.15, 0.2) is 6.07 Å². The van der Waals surface area contributed by atoms with Crippen LogP contribution in [0.4, 0.5) is 0 Å². The molecular formula is C12H19N3. The molecule has 1 unspecified atom stereocenters. The van der Waals surface area contributed by atoms with E-state index < -0.39 is 0 Å². The van der Waals surface area contributed by atoms with Crippen molar-refractivity contribution in [3.63, 3.8) is 0 Å². The Balaban J connectivity index is 2.92. The summed E-state index contributed by atoms with van der Waals surface area (Å²) in [5.41, 5.74) is 2.29. The lowest BCUT2D eigenvalue weighted by Gasteiger charge is -2.14. The fourth-order valence-corrected chi connectivity index (χ4v) is 1.66. The van der Waals surface area contributed by atoms with Gasteiger partial charge >= 0.3 is 0 Å². The predicted molar refractivity (Wildman–Crippen MR) is 62.5 cm³/mol. The summed E-state index contributed by atoms with van der Waals surface area (Å²) in [6.45, 7) is 6.90. The minimum absolute atomic E-state index is 0.276. The first-order chi connectivity index (χ1) is 7.22. The number of hydrogen-bond acceptors (Lipinski definition) is 2. The average Bonchev–Trinajstić information content (AvgIpc) is 2.61. The molecule has 0 aliphatic heterocycles. The van der Waals surface area contributed by atoms with Crippen LogP contribution < -0.4 is 5.32 Å². The van der Waals surface area contributed by atoms with Crippen molar-refractivity contribution in [1.82, 2.24) is 15.1 Å². The fraction of sp³-hybridized carbons (Fsp3) is 0.583. The van der Waals surface area contributed by atoms with Gasteiger partial charge in [0, 0.05) is 13.0 Å². The highest BCUT2D eigenvalue weighted by Gasteiger charge is 2.13. The summed E-state index contributed by atoms with van der Waals surface area (Å²) in [5, 5.41) is 7.71. The third-order valence-electron chi connectivity index (χ3n) is 2.42. The standard InChI is InChI=1S/C12H19N3/c1-5-7-8-11(13-4)12-9-10(3)14-15(12)6-2/h9,11,13H,6,8H2,1-4H3. The Hall–Kier alpha value is -1.27. The minimum Gasteiger partial charge on any atom is -0.311 e. The van der Waals surface area contributed by atoms with E-state index in [1.807, 2.05) is 25.6 Å². The lowest BCUT2D eigenvalue weighted by molar-refractivity contribution is 0.523. The van der Waals surface area contributed by atoms with Gasteiger partial charge in [-0.15, -0.1) is 11.8 Å². The number of rotatable bonds is 4. The lowest BCUT2D eigenvalue weighted by Crippen LogP contribution is -2.19. The van der Waals surface area contributed by atoms with Crippen LogP contribution >= 0.6 is 0 Å². The minimum atomic E-state index is 0.276. The highest BCUT2D eigenvalue weighted by atomic mass is 15.3. The number of aromatic nitrogens is 2. The van der Waals surface area contributed by atoms with Crippen LogP contribution in [0.5, 0.6) is 0 Å². The van der Waals surface area contributed by atoms with E-state index in [9.17, 15) is 0 Å². The quantitative estimate of drug-likeness (QED) is 0.761. The van der Waals surface area contributed by atoms with Crippen molar-refractivity contribution in [3.8, 4) is 11.8 Å². The Morgan fingerprint density at radius 2 is 2.33 bits per heavy atom. The topological polar surface area (TPSA) is 29.9 Å². The largest absolute Gasteiger partial charge is 0.311 e. The molecule has 15 heavy (non-hydrogen) atoms. The third kappa shape index (κ3) is 2.84. The van der Waals surface area contributed by atoms with Crippen LogP contribution in [0.3, 0.4) is 0 Å². The molecule has 1 N–H and O–H groups in total. The van der Waals surface area contributed by atoms with Crippen molar-refractivity contribution in [2.75, 3.05) is 7.05 Å². The van der Waals surface area contributed by atoms with Crippen molar-refractivity contribution >= 4 is 0 Å². The van der Waals surface area contributed by atoms with Gasteiger partial charge in [-0.05, 0) is 33.9 Å². The zero-order valence-corrected chi connectivity index (χ0v) is 9.96. The first kappa shape index (κ1) is 11.8. The second kappa shape index (κ2) is 5.57.